The second-order valence-corrected chi connectivity index (χ2v) is 9.85. The van der Waals surface area contributed by atoms with E-state index < -0.39 is 25.8 Å². The average Bonchev–Trinajstić information content (AvgIpc) is 2.45. The highest BCUT2D eigenvalue weighted by Crippen LogP contribution is 2.24. The fourth-order valence-corrected chi connectivity index (χ4v) is 5.40. The van der Waals surface area contributed by atoms with E-state index >= 15 is 0 Å². The Morgan fingerprint density at radius 1 is 0.950 bits per heavy atom. The Morgan fingerprint density at radius 3 is 2.10 bits per heavy atom. The molecule has 0 saturated heterocycles. The lowest BCUT2D eigenvalue weighted by atomic mass is 10.1. The quantitative estimate of drug-likeness (QED) is 0.370. The summed E-state index contributed by atoms with van der Waals surface area (Å²) in [4.78, 5) is 0. The molecule has 1 aromatic carbocycles. The van der Waals surface area contributed by atoms with Crippen molar-refractivity contribution < 1.29 is 17.6 Å². The second-order valence-electron chi connectivity index (χ2n) is 5.16. The maximum absolute atomic E-state index is 13.5. The topological polar surface area (TPSA) is 9.23 Å². The molecule has 20 heavy (non-hydrogen) atoms. The van der Waals surface area contributed by atoms with E-state index in [0.717, 1.165) is 37.0 Å². The average molecular weight is 304 g/mol. The van der Waals surface area contributed by atoms with Gasteiger partial charge in [-0.2, -0.15) is 0 Å². The molecule has 0 amide bonds. The summed E-state index contributed by atoms with van der Waals surface area (Å²) in [5, 5.41) is 0. The molecule has 0 bridgehead atoms. The van der Waals surface area contributed by atoms with Crippen LogP contribution in [0.2, 0.25) is 18.1 Å². The van der Waals surface area contributed by atoms with E-state index in [1.807, 2.05) is 0 Å². The smallest absolute Gasteiger partial charge is 0.191 e. The highest BCUT2D eigenvalue weighted by molar-refractivity contribution is 6.73. The largest absolute Gasteiger partial charge is 0.420 e. The van der Waals surface area contributed by atoms with Gasteiger partial charge in [-0.25, -0.2) is 13.2 Å². The SMILES string of the molecule is CC[Si](CC)(CCCCc1cc(F)c(F)cc1F)OC. The number of hydrogen-bond acceptors (Lipinski definition) is 1. The van der Waals surface area contributed by atoms with Crippen LogP contribution in [0.5, 0.6) is 0 Å². The lowest BCUT2D eigenvalue weighted by Crippen LogP contribution is -2.35. The number of benzene rings is 1. The number of aryl methyl sites for hydroxylation is 1. The van der Waals surface area contributed by atoms with Crippen molar-refractivity contribution in [3.8, 4) is 0 Å². The Kier molecular flexibility index (Phi) is 6.75. The lowest BCUT2D eigenvalue weighted by molar-refractivity contribution is 0.389. The minimum absolute atomic E-state index is 0.251. The molecule has 0 aliphatic rings. The molecule has 1 nitrogen and oxygen atoms in total. The van der Waals surface area contributed by atoms with Crippen molar-refractivity contribution in [3.05, 3.63) is 35.1 Å². The molecule has 1 rings (SSSR count). The first-order valence-corrected chi connectivity index (χ1v) is 9.69. The van der Waals surface area contributed by atoms with Gasteiger partial charge in [-0.1, -0.05) is 20.3 Å². The molecule has 0 aromatic heterocycles. The molecule has 0 atom stereocenters. The summed E-state index contributed by atoms with van der Waals surface area (Å²) in [6.45, 7) is 4.29. The van der Waals surface area contributed by atoms with Crippen molar-refractivity contribution >= 4 is 8.32 Å². The van der Waals surface area contributed by atoms with Crippen LogP contribution in [0.4, 0.5) is 13.2 Å². The third-order valence-electron chi connectivity index (χ3n) is 4.14. The molecule has 0 aliphatic carbocycles. The van der Waals surface area contributed by atoms with Gasteiger partial charge in [-0.3, -0.25) is 0 Å². The highest BCUT2D eigenvalue weighted by atomic mass is 28.4. The molecule has 0 spiro atoms. The molecule has 0 saturated carbocycles. The Balaban J connectivity index is 2.51. The van der Waals surface area contributed by atoms with Crippen molar-refractivity contribution in [3.63, 3.8) is 0 Å². The Hall–Kier alpha value is -0.813. The Labute approximate surface area is 120 Å². The van der Waals surface area contributed by atoms with Gasteiger partial charge in [-0.15, -0.1) is 0 Å². The van der Waals surface area contributed by atoms with Crippen molar-refractivity contribution in [2.75, 3.05) is 7.11 Å². The first kappa shape index (κ1) is 17.2. The fourth-order valence-electron chi connectivity index (χ4n) is 2.51. The van der Waals surface area contributed by atoms with Gasteiger partial charge in [0.05, 0.1) is 0 Å². The van der Waals surface area contributed by atoms with Crippen LogP contribution in [-0.2, 0) is 10.8 Å². The molecule has 0 radical (unpaired) electrons. The maximum Gasteiger partial charge on any atom is 0.191 e. The molecular weight excluding hydrogens is 281 g/mol. The summed E-state index contributed by atoms with van der Waals surface area (Å²) in [5.74, 6) is -2.77. The lowest BCUT2D eigenvalue weighted by Gasteiger charge is -2.27. The predicted octanol–water partition coefficient (Wildman–Crippen LogP) is 5.06. The molecule has 0 aliphatic heterocycles. The summed E-state index contributed by atoms with van der Waals surface area (Å²) in [6, 6.07) is 4.75. The maximum atomic E-state index is 13.5. The van der Waals surface area contributed by atoms with Crippen LogP contribution in [0.15, 0.2) is 12.1 Å². The number of rotatable bonds is 8. The van der Waals surface area contributed by atoms with Gasteiger partial charge < -0.3 is 4.43 Å². The molecule has 114 valence electrons. The van der Waals surface area contributed by atoms with Crippen LogP contribution in [0.25, 0.3) is 0 Å². The van der Waals surface area contributed by atoms with E-state index in [9.17, 15) is 13.2 Å². The third-order valence-corrected chi connectivity index (χ3v) is 8.85. The molecule has 0 unspecified atom stereocenters. The predicted molar refractivity (Wildman–Crippen MR) is 77.8 cm³/mol. The van der Waals surface area contributed by atoms with Crippen LogP contribution in [-0.4, -0.2) is 15.4 Å². The van der Waals surface area contributed by atoms with E-state index in [0.29, 0.717) is 12.5 Å². The van der Waals surface area contributed by atoms with E-state index in [2.05, 4.69) is 13.8 Å². The van der Waals surface area contributed by atoms with Crippen LogP contribution >= 0.6 is 0 Å². The first-order valence-electron chi connectivity index (χ1n) is 7.16. The Morgan fingerprint density at radius 2 is 1.55 bits per heavy atom. The van der Waals surface area contributed by atoms with Gasteiger partial charge in [0.1, 0.15) is 5.82 Å². The molecule has 0 heterocycles. The van der Waals surface area contributed by atoms with Gasteiger partial charge in [0, 0.05) is 13.2 Å². The zero-order chi connectivity index (χ0) is 15.2. The van der Waals surface area contributed by atoms with Crippen molar-refractivity contribution in [1.29, 1.82) is 0 Å². The van der Waals surface area contributed by atoms with Gasteiger partial charge >= 0.3 is 0 Å². The molecule has 1 aromatic rings. The van der Waals surface area contributed by atoms with Gasteiger partial charge in [-0.05, 0) is 42.6 Å². The zero-order valence-corrected chi connectivity index (χ0v) is 13.4. The first-order chi connectivity index (χ1) is 9.48. The van der Waals surface area contributed by atoms with Gasteiger partial charge in [0.2, 0.25) is 0 Å². The fraction of sp³-hybridized carbons (Fsp3) is 0.600. The monoisotopic (exact) mass is 304 g/mol. The minimum Gasteiger partial charge on any atom is -0.420 e. The van der Waals surface area contributed by atoms with Gasteiger partial charge in [0.15, 0.2) is 20.0 Å². The zero-order valence-electron chi connectivity index (χ0n) is 12.4. The van der Waals surface area contributed by atoms with Crippen LogP contribution < -0.4 is 0 Å². The number of halogens is 3. The summed E-state index contributed by atoms with van der Waals surface area (Å²) >= 11 is 0. The minimum atomic E-state index is -1.62. The summed E-state index contributed by atoms with van der Waals surface area (Å²) in [7, 11) is 0.155. The normalized spacial score (nSPS) is 11.9. The third kappa shape index (κ3) is 4.35. The van der Waals surface area contributed by atoms with E-state index in [4.69, 9.17) is 4.43 Å². The summed E-state index contributed by atoms with van der Waals surface area (Å²) < 4.78 is 45.1. The van der Waals surface area contributed by atoms with Crippen LogP contribution in [0.1, 0.15) is 32.3 Å². The van der Waals surface area contributed by atoms with E-state index in [1.54, 1.807) is 7.11 Å². The van der Waals surface area contributed by atoms with Crippen molar-refractivity contribution in [2.45, 2.75) is 51.2 Å². The Bertz CT molecular complexity index is 425. The van der Waals surface area contributed by atoms with Gasteiger partial charge in [0.25, 0.3) is 0 Å². The molecule has 5 heteroatoms. The standard InChI is InChI=1S/C15H23F3OSi/c1-4-20(5-2,19-3)9-7-6-8-12-10-14(17)15(18)11-13(12)16/h10-11H,4-9H2,1-3H3. The summed E-state index contributed by atoms with van der Waals surface area (Å²) in [5.41, 5.74) is 0.251. The van der Waals surface area contributed by atoms with Crippen LogP contribution in [0, 0.1) is 17.5 Å². The van der Waals surface area contributed by atoms with Crippen LogP contribution in [0.3, 0.4) is 0 Å². The molecular formula is C15H23F3OSi. The second kappa shape index (κ2) is 7.83. The molecule has 0 N–H and O–H groups in total. The van der Waals surface area contributed by atoms with Crippen molar-refractivity contribution in [1.82, 2.24) is 0 Å². The number of hydrogen-bond donors (Lipinski definition) is 0. The van der Waals surface area contributed by atoms with E-state index in [-0.39, 0.29) is 5.56 Å². The highest BCUT2D eigenvalue weighted by Gasteiger charge is 2.28. The van der Waals surface area contributed by atoms with E-state index in [1.165, 1.54) is 0 Å². The van der Waals surface area contributed by atoms with Crippen molar-refractivity contribution in [2.24, 2.45) is 0 Å². The number of unbranched alkanes of at least 4 members (excludes halogenated alkanes) is 1. The molecule has 0 fully saturated rings. The summed E-state index contributed by atoms with van der Waals surface area (Å²) in [6.07, 6.45) is 2.13.